The fourth-order valence-electron chi connectivity index (χ4n) is 4.30. The molecular formula is C27H29NO6. The van der Waals surface area contributed by atoms with Gasteiger partial charge in [-0.2, -0.15) is 0 Å². The van der Waals surface area contributed by atoms with Crippen LogP contribution in [-0.4, -0.2) is 18.1 Å². The van der Waals surface area contributed by atoms with Gasteiger partial charge in [-0.25, -0.2) is 14.4 Å². The van der Waals surface area contributed by atoms with E-state index >= 15 is 0 Å². The Morgan fingerprint density at radius 3 is 2.44 bits per heavy atom. The van der Waals surface area contributed by atoms with Crippen LogP contribution >= 0.6 is 0 Å². The van der Waals surface area contributed by atoms with Crippen molar-refractivity contribution in [3.05, 3.63) is 75.1 Å². The zero-order chi connectivity index (χ0) is 24.2. The van der Waals surface area contributed by atoms with Crippen LogP contribution in [-0.2, 0) is 29.0 Å². The van der Waals surface area contributed by atoms with Crippen molar-refractivity contribution in [1.29, 1.82) is 0 Å². The lowest BCUT2D eigenvalue weighted by molar-refractivity contribution is -0.137. The van der Waals surface area contributed by atoms with E-state index in [-0.39, 0.29) is 18.2 Å². The molecule has 1 N–H and O–H groups in total. The van der Waals surface area contributed by atoms with E-state index in [2.05, 4.69) is 5.32 Å². The van der Waals surface area contributed by atoms with Crippen molar-refractivity contribution in [1.82, 2.24) is 5.32 Å². The van der Waals surface area contributed by atoms with E-state index in [1.807, 2.05) is 50.2 Å². The molecule has 7 heteroatoms. The molecule has 178 valence electrons. The monoisotopic (exact) mass is 463 g/mol. The predicted octanol–water partition coefficient (Wildman–Crippen LogP) is 4.84. The van der Waals surface area contributed by atoms with Gasteiger partial charge in [0, 0.05) is 16.5 Å². The van der Waals surface area contributed by atoms with Crippen LogP contribution in [0.1, 0.15) is 48.9 Å². The number of benzene rings is 2. The van der Waals surface area contributed by atoms with Gasteiger partial charge in [0.05, 0.1) is 0 Å². The molecule has 0 fully saturated rings. The first-order valence-corrected chi connectivity index (χ1v) is 11.6. The van der Waals surface area contributed by atoms with Crippen molar-refractivity contribution < 1.29 is 23.5 Å². The molecule has 4 rings (SSSR count). The van der Waals surface area contributed by atoms with Crippen LogP contribution in [0.5, 0.6) is 5.75 Å². The normalized spacial score (nSPS) is 13.9. The first-order valence-electron chi connectivity index (χ1n) is 11.6. The van der Waals surface area contributed by atoms with E-state index in [9.17, 15) is 14.4 Å². The van der Waals surface area contributed by atoms with Crippen LogP contribution in [0.3, 0.4) is 0 Å². The molecular weight excluding hydrogens is 434 g/mol. The second kappa shape index (κ2) is 10.1. The van der Waals surface area contributed by atoms with E-state index < -0.39 is 18.1 Å². The molecule has 34 heavy (non-hydrogen) atoms. The van der Waals surface area contributed by atoms with Gasteiger partial charge in [-0.3, -0.25) is 0 Å². The Morgan fingerprint density at radius 1 is 1.03 bits per heavy atom. The maximum Gasteiger partial charge on any atom is 0.408 e. The third kappa shape index (κ3) is 4.98. The summed E-state index contributed by atoms with van der Waals surface area (Å²) in [5, 5.41) is 3.49. The van der Waals surface area contributed by atoms with Crippen LogP contribution in [0.4, 0.5) is 4.79 Å². The van der Waals surface area contributed by atoms with Crippen molar-refractivity contribution in [2.24, 2.45) is 5.92 Å². The van der Waals surface area contributed by atoms with Gasteiger partial charge >= 0.3 is 17.7 Å². The number of nitrogens with one attached hydrogen (secondary N) is 1. The number of esters is 1. The maximum absolute atomic E-state index is 13.0. The van der Waals surface area contributed by atoms with Gasteiger partial charge in [0.25, 0.3) is 0 Å². The standard InChI is InChI=1S/C27H29NO6/c1-16(2)23(28-27(31)32-15-18-9-5-4-6-10-18)26(30)33-22-14-13-20-19-11-7-8-12-21(19)25(29)34-24(20)17(22)3/h4-6,9-10,13-14,16,23H,7-8,11-12,15H2,1-3H3,(H,28,31)/t23-/m0/s1. The summed E-state index contributed by atoms with van der Waals surface area (Å²) in [6, 6.07) is 11.9. The van der Waals surface area contributed by atoms with Crippen molar-refractivity contribution in [3.63, 3.8) is 0 Å². The summed E-state index contributed by atoms with van der Waals surface area (Å²) in [4.78, 5) is 37.8. The van der Waals surface area contributed by atoms with Crippen LogP contribution < -0.4 is 15.7 Å². The average molecular weight is 464 g/mol. The topological polar surface area (TPSA) is 94.8 Å². The highest BCUT2D eigenvalue weighted by Crippen LogP contribution is 2.32. The molecule has 1 amide bonds. The van der Waals surface area contributed by atoms with Crippen LogP contribution in [0, 0.1) is 12.8 Å². The van der Waals surface area contributed by atoms with Crippen molar-refractivity contribution >= 4 is 23.0 Å². The van der Waals surface area contributed by atoms with Crippen LogP contribution in [0.2, 0.25) is 0 Å². The molecule has 1 heterocycles. The zero-order valence-electron chi connectivity index (χ0n) is 19.7. The number of alkyl carbamates (subject to hydrolysis) is 1. The number of aryl methyl sites for hydroxylation is 2. The molecule has 3 aromatic rings. The minimum atomic E-state index is -0.908. The number of rotatable bonds is 6. The fraction of sp³-hybridized carbons (Fsp3) is 0.370. The highest BCUT2D eigenvalue weighted by Gasteiger charge is 2.28. The molecule has 1 aromatic heterocycles. The molecule has 0 aliphatic heterocycles. The third-order valence-corrected chi connectivity index (χ3v) is 6.21. The Bertz CT molecular complexity index is 1260. The summed E-state index contributed by atoms with van der Waals surface area (Å²) in [5.41, 5.74) is 3.31. The van der Waals surface area contributed by atoms with Gasteiger partial charge in [-0.15, -0.1) is 0 Å². The molecule has 0 spiro atoms. The molecule has 0 bridgehead atoms. The highest BCUT2D eigenvalue weighted by molar-refractivity contribution is 5.88. The Labute approximate surface area is 198 Å². The zero-order valence-corrected chi connectivity index (χ0v) is 19.7. The van der Waals surface area contributed by atoms with Gasteiger partial charge < -0.3 is 19.2 Å². The SMILES string of the molecule is Cc1c(OC(=O)[C@@H](NC(=O)OCc2ccccc2)C(C)C)ccc2c3c(c(=O)oc12)CCCC3. The van der Waals surface area contributed by atoms with E-state index in [4.69, 9.17) is 13.9 Å². The molecule has 7 nitrogen and oxygen atoms in total. The Hall–Kier alpha value is -3.61. The van der Waals surface area contributed by atoms with Gasteiger partial charge in [-0.1, -0.05) is 44.2 Å². The predicted molar refractivity (Wildman–Crippen MR) is 128 cm³/mol. The largest absolute Gasteiger partial charge is 0.445 e. The van der Waals surface area contributed by atoms with Gasteiger partial charge in [0.15, 0.2) is 0 Å². The first kappa shape index (κ1) is 23.5. The summed E-state index contributed by atoms with van der Waals surface area (Å²) in [6.07, 6.45) is 2.87. The molecule has 0 radical (unpaired) electrons. The number of fused-ring (bicyclic) bond motifs is 3. The summed E-state index contributed by atoms with van der Waals surface area (Å²) in [6.45, 7) is 5.47. The smallest absolute Gasteiger partial charge is 0.408 e. The average Bonchev–Trinajstić information content (AvgIpc) is 2.84. The van der Waals surface area contributed by atoms with Gasteiger partial charge in [-0.05, 0) is 61.8 Å². The number of hydrogen-bond donors (Lipinski definition) is 1. The summed E-state index contributed by atoms with van der Waals surface area (Å²) >= 11 is 0. The van der Waals surface area contributed by atoms with E-state index in [1.54, 1.807) is 13.0 Å². The lowest BCUT2D eigenvalue weighted by atomic mass is 9.90. The first-order chi connectivity index (χ1) is 16.3. The molecule has 1 aliphatic rings. The number of hydrogen-bond acceptors (Lipinski definition) is 6. The highest BCUT2D eigenvalue weighted by atomic mass is 16.6. The summed E-state index contributed by atoms with van der Waals surface area (Å²) < 4.78 is 16.5. The number of carbonyl (C=O) groups excluding carboxylic acids is 2. The molecule has 0 saturated heterocycles. The van der Waals surface area contributed by atoms with E-state index in [0.29, 0.717) is 16.9 Å². The second-order valence-corrected chi connectivity index (χ2v) is 8.97. The summed E-state index contributed by atoms with van der Waals surface area (Å²) in [5.74, 6) is -0.557. The lowest BCUT2D eigenvalue weighted by Gasteiger charge is -2.21. The maximum atomic E-state index is 13.0. The van der Waals surface area contributed by atoms with Gasteiger partial charge in [0.2, 0.25) is 0 Å². The van der Waals surface area contributed by atoms with Crippen LogP contribution in [0.25, 0.3) is 11.0 Å². The van der Waals surface area contributed by atoms with Crippen molar-refractivity contribution in [3.8, 4) is 5.75 Å². The van der Waals surface area contributed by atoms with E-state index in [0.717, 1.165) is 47.8 Å². The summed E-state index contributed by atoms with van der Waals surface area (Å²) in [7, 11) is 0. The second-order valence-electron chi connectivity index (χ2n) is 8.97. The molecule has 0 unspecified atom stereocenters. The Morgan fingerprint density at radius 2 is 1.74 bits per heavy atom. The lowest BCUT2D eigenvalue weighted by Crippen LogP contribution is -2.46. The number of carbonyl (C=O) groups is 2. The Balaban J connectivity index is 1.50. The fourth-order valence-corrected chi connectivity index (χ4v) is 4.30. The third-order valence-electron chi connectivity index (χ3n) is 6.21. The van der Waals surface area contributed by atoms with Crippen LogP contribution in [0.15, 0.2) is 51.7 Å². The molecule has 0 saturated carbocycles. The Kier molecular flexibility index (Phi) is 7.01. The van der Waals surface area contributed by atoms with Crippen molar-refractivity contribution in [2.45, 2.75) is 59.1 Å². The van der Waals surface area contributed by atoms with Gasteiger partial charge in [0.1, 0.15) is 24.0 Å². The number of ether oxygens (including phenoxy) is 2. The van der Waals surface area contributed by atoms with E-state index in [1.165, 1.54) is 0 Å². The molecule has 1 atom stereocenters. The molecule has 2 aromatic carbocycles. The minimum Gasteiger partial charge on any atom is -0.445 e. The quantitative estimate of drug-likeness (QED) is 0.319. The number of amides is 1. The molecule has 1 aliphatic carbocycles. The minimum absolute atomic E-state index is 0.0969. The van der Waals surface area contributed by atoms with Crippen molar-refractivity contribution in [2.75, 3.05) is 0 Å².